The average molecular weight is 339 g/mol. The van der Waals surface area contributed by atoms with Crippen molar-refractivity contribution in [2.45, 2.75) is 13.0 Å². The molecule has 128 valence electrons. The molecule has 0 amide bonds. The molecule has 2 aromatic heterocycles. The Labute approximate surface area is 143 Å². The van der Waals surface area contributed by atoms with Crippen LogP contribution in [0.5, 0.6) is 11.5 Å². The Morgan fingerprint density at radius 2 is 1.96 bits per heavy atom. The van der Waals surface area contributed by atoms with Crippen molar-refractivity contribution in [2.24, 2.45) is 7.05 Å². The van der Waals surface area contributed by atoms with Crippen molar-refractivity contribution in [3.05, 3.63) is 52.6 Å². The Hall–Kier alpha value is -3.16. The number of rotatable bonds is 4. The fourth-order valence-electron chi connectivity index (χ4n) is 2.70. The zero-order chi connectivity index (χ0) is 17.2. The van der Waals surface area contributed by atoms with Crippen molar-refractivity contribution in [3.63, 3.8) is 0 Å². The van der Waals surface area contributed by atoms with E-state index in [9.17, 15) is 4.79 Å². The molecule has 0 bridgehead atoms. The van der Waals surface area contributed by atoms with Crippen molar-refractivity contribution in [2.75, 3.05) is 13.2 Å². The molecule has 1 aliphatic rings. The van der Waals surface area contributed by atoms with Crippen molar-refractivity contribution in [1.82, 2.24) is 24.8 Å². The molecule has 4 rings (SSSR count). The van der Waals surface area contributed by atoms with Crippen molar-refractivity contribution >= 4 is 0 Å². The van der Waals surface area contributed by atoms with E-state index in [4.69, 9.17) is 9.47 Å². The first-order valence-corrected chi connectivity index (χ1v) is 8.02. The number of ether oxygens (including phenoxy) is 2. The maximum Gasteiger partial charge on any atom is 0.266 e. The van der Waals surface area contributed by atoms with E-state index in [1.165, 1.54) is 10.7 Å². The van der Waals surface area contributed by atoms with Gasteiger partial charge in [0.15, 0.2) is 11.5 Å². The molecule has 0 N–H and O–H groups in total. The lowest BCUT2D eigenvalue weighted by molar-refractivity contribution is 0.171. The normalized spacial score (nSPS) is 13.0. The van der Waals surface area contributed by atoms with Crippen molar-refractivity contribution < 1.29 is 9.47 Å². The molecule has 0 radical (unpaired) electrons. The molecule has 0 saturated carbocycles. The number of aryl methyl sites for hydroxylation is 3. The van der Waals surface area contributed by atoms with Gasteiger partial charge in [0.1, 0.15) is 13.2 Å². The topological polar surface area (TPSA) is 84.1 Å². The summed E-state index contributed by atoms with van der Waals surface area (Å²) in [4.78, 5) is 12.1. The third-order valence-corrected chi connectivity index (χ3v) is 3.93. The molecule has 25 heavy (non-hydrogen) atoms. The van der Waals surface area contributed by atoms with Crippen LogP contribution in [0.1, 0.15) is 5.69 Å². The second-order valence-electron chi connectivity index (χ2n) is 5.77. The number of aromatic nitrogens is 5. The summed E-state index contributed by atoms with van der Waals surface area (Å²) in [5.74, 6) is 1.42. The largest absolute Gasteiger partial charge is 0.486 e. The Morgan fingerprint density at radius 1 is 1.12 bits per heavy atom. The van der Waals surface area contributed by atoms with Gasteiger partial charge in [0, 0.05) is 31.3 Å². The van der Waals surface area contributed by atoms with Gasteiger partial charge < -0.3 is 9.47 Å². The predicted molar refractivity (Wildman–Crippen MR) is 89.6 cm³/mol. The van der Waals surface area contributed by atoms with Crippen LogP contribution in [-0.4, -0.2) is 38.0 Å². The fraction of sp³-hybridized carbons (Fsp3) is 0.294. The van der Waals surface area contributed by atoms with Crippen LogP contribution in [0.15, 0.2) is 41.3 Å². The standard InChI is InChI=1S/C17H17N5O3/c1-21-11-13(18-20-21)6-7-22-17(23)5-3-14(19-22)12-2-4-15-16(10-12)25-9-8-24-15/h2-5,10-11H,6-9H2,1H3. The summed E-state index contributed by atoms with van der Waals surface area (Å²) in [6.45, 7) is 1.52. The highest BCUT2D eigenvalue weighted by Gasteiger charge is 2.13. The maximum atomic E-state index is 12.1. The first-order chi connectivity index (χ1) is 12.2. The van der Waals surface area contributed by atoms with Gasteiger partial charge in [-0.15, -0.1) is 5.10 Å². The number of benzene rings is 1. The molecular formula is C17H17N5O3. The molecule has 0 unspecified atom stereocenters. The molecule has 0 aliphatic carbocycles. The van der Waals surface area contributed by atoms with Gasteiger partial charge in [0.2, 0.25) is 0 Å². The maximum absolute atomic E-state index is 12.1. The van der Waals surface area contributed by atoms with E-state index in [0.717, 1.165) is 17.0 Å². The predicted octanol–water partition coefficient (Wildman–Crippen LogP) is 1.05. The lowest BCUT2D eigenvalue weighted by Crippen LogP contribution is -2.23. The minimum Gasteiger partial charge on any atom is -0.486 e. The summed E-state index contributed by atoms with van der Waals surface area (Å²) in [5.41, 5.74) is 2.25. The molecule has 0 fully saturated rings. The third kappa shape index (κ3) is 3.23. The lowest BCUT2D eigenvalue weighted by atomic mass is 10.1. The lowest BCUT2D eigenvalue weighted by Gasteiger charge is -2.18. The van der Waals surface area contributed by atoms with Gasteiger partial charge in [-0.25, -0.2) is 4.68 Å². The number of hydrogen-bond donors (Lipinski definition) is 0. The number of fused-ring (bicyclic) bond motifs is 1. The first kappa shape index (κ1) is 15.4. The minimum absolute atomic E-state index is 0.148. The van der Waals surface area contributed by atoms with Gasteiger partial charge in [0.25, 0.3) is 5.56 Å². The second kappa shape index (κ2) is 6.39. The Balaban J connectivity index is 1.59. The van der Waals surface area contributed by atoms with E-state index in [-0.39, 0.29) is 5.56 Å². The van der Waals surface area contributed by atoms with Crippen LogP contribution in [0.25, 0.3) is 11.3 Å². The molecule has 1 aromatic carbocycles. The molecule has 0 saturated heterocycles. The summed E-state index contributed by atoms with van der Waals surface area (Å²) in [6, 6.07) is 8.89. The molecule has 8 nitrogen and oxygen atoms in total. The van der Waals surface area contributed by atoms with Crippen LogP contribution in [0.3, 0.4) is 0 Å². The second-order valence-corrected chi connectivity index (χ2v) is 5.77. The highest BCUT2D eigenvalue weighted by molar-refractivity contribution is 5.63. The van der Waals surface area contributed by atoms with Crippen molar-refractivity contribution in [1.29, 1.82) is 0 Å². The highest BCUT2D eigenvalue weighted by Crippen LogP contribution is 2.33. The van der Waals surface area contributed by atoms with Gasteiger partial charge in [-0.2, -0.15) is 5.10 Å². The molecule has 3 aromatic rings. The number of nitrogens with zero attached hydrogens (tertiary/aromatic N) is 5. The highest BCUT2D eigenvalue weighted by atomic mass is 16.6. The quantitative estimate of drug-likeness (QED) is 0.706. The fourth-order valence-corrected chi connectivity index (χ4v) is 2.70. The Kier molecular flexibility index (Phi) is 3.93. The summed E-state index contributed by atoms with van der Waals surface area (Å²) < 4.78 is 14.2. The molecule has 0 atom stereocenters. The smallest absolute Gasteiger partial charge is 0.266 e. The zero-order valence-electron chi connectivity index (χ0n) is 13.8. The molecule has 0 spiro atoms. The molecular weight excluding hydrogens is 322 g/mol. The Morgan fingerprint density at radius 3 is 2.76 bits per heavy atom. The minimum atomic E-state index is -0.148. The van der Waals surface area contributed by atoms with E-state index < -0.39 is 0 Å². The van der Waals surface area contributed by atoms with Gasteiger partial charge in [-0.1, -0.05) is 5.21 Å². The van der Waals surface area contributed by atoms with E-state index in [1.807, 2.05) is 31.4 Å². The van der Waals surface area contributed by atoms with Crippen LogP contribution in [0.4, 0.5) is 0 Å². The molecule has 8 heteroatoms. The van der Waals surface area contributed by atoms with Crippen LogP contribution in [0.2, 0.25) is 0 Å². The van der Waals surface area contributed by atoms with Gasteiger partial charge >= 0.3 is 0 Å². The summed E-state index contributed by atoms with van der Waals surface area (Å²) in [6.07, 6.45) is 2.42. The zero-order valence-corrected chi connectivity index (χ0v) is 13.8. The van der Waals surface area contributed by atoms with Crippen LogP contribution in [-0.2, 0) is 20.0 Å². The van der Waals surface area contributed by atoms with E-state index >= 15 is 0 Å². The first-order valence-electron chi connectivity index (χ1n) is 8.02. The summed E-state index contributed by atoms with van der Waals surface area (Å²) in [7, 11) is 1.81. The van der Waals surface area contributed by atoms with Crippen LogP contribution in [0, 0.1) is 0 Å². The van der Waals surface area contributed by atoms with Gasteiger partial charge in [-0.05, 0) is 24.3 Å². The van der Waals surface area contributed by atoms with Gasteiger partial charge in [-0.3, -0.25) is 9.48 Å². The van der Waals surface area contributed by atoms with E-state index in [1.54, 1.807) is 10.7 Å². The molecule has 1 aliphatic heterocycles. The van der Waals surface area contributed by atoms with E-state index in [0.29, 0.717) is 37.6 Å². The van der Waals surface area contributed by atoms with Gasteiger partial charge in [0.05, 0.1) is 17.9 Å². The summed E-state index contributed by atoms with van der Waals surface area (Å²) >= 11 is 0. The van der Waals surface area contributed by atoms with Crippen LogP contribution < -0.4 is 15.0 Å². The third-order valence-electron chi connectivity index (χ3n) is 3.93. The number of hydrogen-bond acceptors (Lipinski definition) is 6. The van der Waals surface area contributed by atoms with Crippen LogP contribution >= 0.6 is 0 Å². The monoisotopic (exact) mass is 339 g/mol. The van der Waals surface area contributed by atoms with E-state index in [2.05, 4.69) is 15.4 Å². The summed E-state index contributed by atoms with van der Waals surface area (Å²) in [5, 5.41) is 12.4. The molecule has 3 heterocycles. The Bertz CT molecular complexity index is 963. The van der Waals surface area contributed by atoms with Crippen molar-refractivity contribution in [3.8, 4) is 22.8 Å². The average Bonchev–Trinajstić information content (AvgIpc) is 3.06. The SMILES string of the molecule is Cn1cc(CCn2nc(-c3ccc4c(c3)OCCO4)ccc2=O)nn1.